The van der Waals surface area contributed by atoms with E-state index in [4.69, 9.17) is 0 Å². The van der Waals surface area contributed by atoms with Crippen LogP contribution in [-0.4, -0.2) is 4.40 Å². The molecule has 0 spiro atoms. The Morgan fingerprint density at radius 3 is 1.42 bits per heavy atom. The minimum absolute atomic E-state index is 1.30. The molecule has 0 saturated carbocycles. The van der Waals surface area contributed by atoms with Gasteiger partial charge in [-0.3, -0.25) is 0 Å². The molecule has 124 valence electrons. The topological polar surface area (TPSA) is 4.41 Å². The van der Waals surface area contributed by atoms with Gasteiger partial charge in [0.2, 0.25) is 0 Å². The predicted molar refractivity (Wildman–Crippen MR) is 112 cm³/mol. The number of para-hydroxylation sites is 3. The quantitative estimate of drug-likeness (QED) is 0.287. The number of hydrogen-bond acceptors (Lipinski definition) is 0. The van der Waals surface area contributed by atoms with E-state index in [-0.39, 0.29) is 0 Å². The molecule has 4 aromatic carbocycles. The van der Waals surface area contributed by atoms with E-state index < -0.39 is 0 Å². The molecule has 0 aliphatic carbocycles. The lowest BCUT2D eigenvalue weighted by atomic mass is 10.1. The number of aromatic nitrogens is 1. The molecule has 0 saturated heterocycles. The summed E-state index contributed by atoms with van der Waals surface area (Å²) in [6.07, 6.45) is 0. The van der Waals surface area contributed by atoms with E-state index in [0.717, 1.165) is 0 Å². The van der Waals surface area contributed by atoms with Gasteiger partial charge in [0.25, 0.3) is 0 Å². The minimum atomic E-state index is 1.30. The van der Waals surface area contributed by atoms with Crippen molar-refractivity contribution in [1.29, 1.82) is 0 Å². The minimum Gasteiger partial charge on any atom is -0.308 e. The highest BCUT2D eigenvalue weighted by Crippen LogP contribution is 2.38. The first-order chi connectivity index (χ1) is 12.8. The molecule has 0 bridgehead atoms. The maximum Gasteiger partial charge on any atom is 0.0620 e. The highest BCUT2D eigenvalue weighted by Gasteiger charge is 2.15. The van der Waals surface area contributed by atoms with Crippen LogP contribution in [0, 0.1) is 6.92 Å². The van der Waals surface area contributed by atoms with Crippen molar-refractivity contribution in [2.75, 3.05) is 0 Å². The summed E-state index contributed by atoms with van der Waals surface area (Å²) in [5, 5.41) is 5.39. The van der Waals surface area contributed by atoms with Gasteiger partial charge in [0.05, 0.1) is 16.6 Å². The standard InChI is InChI=1S/C18H11N.C7H8/c1-3-10-16-12(6-1)14-8-5-9-15-13-7-2-4-11-17(13)19(16)18(14)15;1-7-5-3-2-4-6-7/h1-11H;2-6H,1H3. The fourth-order valence-electron chi connectivity index (χ4n) is 3.92. The average molecular weight is 333 g/mol. The molecule has 26 heavy (non-hydrogen) atoms. The molecule has 0 aliphatic heterocycles. The highest BCUT2D eigenvalue weighted by atomic mass is 14.9. The van der Waals surface area contributed by atoms with Crippen LogP contribution >= 0.6 is 0 Å². The molecule has 0 atom stereocenters. The van der Waals surface area contributed by atoms with Gasteiger partial charge < -0.3 is 4.40 Å². The van der Waals surface area contributed by atoms with Crippen LogP contribution in [0.5, 0.6) is 0 Å². The Morgan fingerprint density at radius 2 is 0.923 bits per heavy atom. The first-order valence-electron chi connectivity index (χ1n) is 8.98. The summed E-state index contributed by atoms with van der Waals surface area (Å²) in [6.45, 7) is 2.08. The third kappa shape index (κ3) is 2.18. The molecule has 0 aliphatic rings. The van der Waals surface area contributed by atoms with Gasteiger partial charge in [-0.25, -0.2) is 0 Å². The first-order valence-corrected chi connectivity index (χ1v) is 8.98. The van der Waals surface area contributed by atoms with Crippen molar-refractivity contribution in [1.82, 2.24) is 4.40 Å². The van der Waals surface area contributed by atoms with Gasteiger partial charge in [0, 0.05) is 21.5 Å². The van der Waals surface area contributed by atoms with Crippen molar-refractivity contribution in [2.24, 2.45) is 0 Å². The number of benzene rings is 4. The number of rotatable bonds is 0. The van der Waals surface area contributed by atoms with E-state index in [1.165, 1.54) is 43.7 Å². The maximum absolute atomic E-state index is 2.40. The van der Waals surface area contributed by atoms with Crippen LogP contribution in [-0.2, 0) is 0 Å². The van der Waals surface area contributed by atoms with E-state index in [0.29, 0.717) is 0 Å². The summed E-state index contributed by atoms with van der Waals surface area (Å²) >= 11 is 0. The molecule has 1 nitrogen and oxygen atoms in total. The van der Waals surface area contributed by atoms with Gasteiger partial charge in [0.1, 0.15) is 0 Å². The Bertz CT molecular complexity index is 1250. The molecule has 2 heterocycles. The molecule has 0 radical (unpaired) electrons. The lowest BCUT2D eigenvalue weighted by molar-refractivity contribution is 1.37. The second-order valence-electron chi connectivity index (χ2n) is 6.73. The van der Waals surface area contributed by atoms with Gasteiger partial charge in [-0.05, 0) is 19.1 Å². The van der Waals surface area contributed by atoms with Crippen LogP contribution in [0.25, 0.3) is 38.1 Å². The largest absolute Gasteiger partial charge is 0.308 e. The fraction of sp³-hybridized carbons (Fsp3) is 0.0400. The van der Waals surface area contributed by atoms with Gasteiger partial charge in [-0.15, -0.1) is 0 Å². The van der Waals surface area contributed by atoms with Crippen molar-refractivity contribution in [3.8, 4) is 0 Å². The molecular formula is C25H19N. The summed E-state index contributed by atoms with van der Waals surface area (Å²) in [7, 11) is 0. The lowest BCUT2D eigenvalue weighted by Crippen LogP contribution is -1.78. The van der Waals surface area contributed by atoms with Crippen LogP contribution in [0.3, 0.4) is 0 Å². The lowest BCUT2D eigenvalue weighted by Gasteiger charge is -1.95. The van der Waals surface area contributed by atoms with Crippen molar-refractivity contribution in [2.45, 2.75) is 6.92 Å². The Hall–Kier alpha value is -3.32. The zero-order valence-corrected chi connectivity index (χ0v) is 14.7. The van der Waals surface area contributed by atoms with Gasteiger partial charge in [-0.2, -0.15) is 0 Å². The van der Waals surface area contributed by atoms with Gasteiger partial charge in [0.15, 0.2) is 0 Å². The molecular weight excluding hydrogens is 314 g/mol. The number of aryl methyl sites for hydroxylation is 1. The number of hydrogen-bond donors (Lipinski definition) is 0. The second-order valence-corrected chi connectivity index (χ2v) is 6.73. The van der Waals surface area contributed by atoms with Crippen LogP contribution in [0.15, 0.2) is 97.1 Å². The average Bonchev–Trinajstić information content (AvgIpc) is 3.21. The highest BCUT2D eigenvalue weighted by molar-refractivity contribution is 6.23. The second kappa shape index (κ2) is 5.89. The van der Waals surface area contributed by atoms with E-state index >= 15 is 0 Å². The molecule has 0 amide bonds. The molecule has 0 unspecified atom stereocenters. The van der Waals surface area contributed by atoms with E-state index in [2.05, 4.69) is 90.2 Å². The molecule has 2 aromatic heterocycles. The third-order valence-corrected chi connectivity index (χ3v) is 5.07. The first kappa shape index (κ1) is 15.0. The van der Waals surface area contributed by atoms with Crippen molar-refractivity contribution < 1.29 is 0 Å². The van der Waals surface area contributed by atoms with E-state index in [9.17, 15) is 0 Å². The monoisotopic (exact) mass is 333 g/mol. The van der Waals surface area contributed by atoms with E-state index in [1.54, 1.807) is 0 Å². The zero-order valence-electron chi connectivity index (χ0n) is 14.7. The predicted octanol–water partition coefficient (Wildman–Crippen LogP) is 6.83. The molecule has 1 heteroatoms. The molecule has 6 rings (SSSR count). The summed E-state index contributed by atoms with van der Waals surface area (Å²) in [5.41, 5.74) is 5.28. The smallest absolute Gasteiger partial charge is 0.0620 e. The Kier molecular flexibility index (Phi) is 3.39. The number of nitrogens with zero attached hydrogens (tertiary/aromatic N) is 1. The van der Waals surface area contributed by atoms with Crippen LogP contribution in [0.2, 0.25) is 0 Å². The van der Waals surface area contributed by atoms with Crippen molar-refractivity contribution in [3.05, 3.63) is 103 Å². The Balaban J connectivity index is 0.000000183. The summed E-state index contributed by atoms with van der Waals surface area (Å²) in [5.74, 6) is 0. The molecule has 6 aromatic rings. The third-order valence-electron chi connectivity index (χ3n) is 5.07. The Morgan fingerprint density at radius 1 is 0.462 bits per heavy atom. The van der Waals surface area contributed by atoms with Crippen LogP contribution in [0.1, 0.15) is 5.56 Å². The van der Waals surface area contributed by atoms with Crippen LogP contribution in [0.4, 0.5) is 0 Å². The maximum atomic E-state index is 2.40. The van der Waals surface area contributed by atoms with Crippen LogP contribution < -0.4 is 0 Å². The molecule has 0 N–H and O–H groups in total. The molecule has 0 fully saturated rings. The van der Waals surface area contributed by atoms with Crippen molar-refractivity contribution >= 4 is 38.1 Å². The summed E-state index contributed by atoms with van der Waals surface area (Å²) in [6, 6.07) is 34.2. The van der Waals surface area contributed by atoms with Crippen molar-refractivity contribution in [3.63, 3.8) is 0 Å². The van der Waals surface area contributed by atoms with E-state index in [1.807, 2.05) is 18.2 Å². The fourth-order valence-corrected chi connectivity index (χ4v) is 3.92. The number of fused-ring (bicyclic) bond motifs is 6. The normalized spacial score (nSPS) is 11.3. The summed E-state index contributed by atoms with van der Waals surface area (Å²) < 4.78 is 2.40. The zero-order chi connectivity index (χ0) is 17.5. The Labute approximate surface area is 152 Å². The van der Waals surface area contributed by atoms with Gasteiger partial charge >= 0.3 is 0 Å². The SMILES string of the molecule is Cc1ccccc1.c1ccc2c(c1)c1cccc3c4ccccc4n2c13. The summed E-state index contributed by atoms with van der Waals surface area (Å²) in [4.78, 5) is 0. The van der Waals surface area contributed by atoms with Gasteiger partial charge in [-0.1, -0.05) is 90.5 Å².